The van der Waals surface area contributed by atoms with Crippen LogP contribution in [0.3, 0.4) is 0 Å². The summed E-state index contributed by atoms with van der Waals surface area (Å²) < 4.78 is 0. The lowest BCUT2D eigenvalue weighted by atomic mass is 10.0. The lowest BCUT2D eigenvalue weighted by molar-refractivity contribution is -0.130. The molecule has 1 amide bonds. The number of piperazine rings is 1. The Balaban J connectivity index is 0.000000970. The minimum absolute atomic E-state index is 0.157. The van der Waals surface area contributed by atoms with Crippen molar-refractivity contribution >= 4 is 28.9 Å². The highest BCUT2D eigenvalue weighted by Gasteiger charge is 2.23. The summed E-state index contributed by atoms with van der Waals surface area (Å²) in [4.78, 5) is 19.7. The smallest absolute Gasteiger partial charge is 0.227 e. The highest BCUT2D eigenvalue weighted by molar-refractivity contribution is 6.31. The number of nitrogens with two attached hydrogens (primary N) is 1. The maximum absolute atomic E-state index is 12.9. The number of amides is 1. The number of hydrogen-bond acceptors (Lipinski definition) is 4. The molecular weight excluding hydrogens is 444 g/mol. The molecule has 188 valence electrons. The molecule has 2 N–H and O–H groups in total. The predicted octanol–water partition coefficient (Wildman–Crippen LogP) is 5.77. The van der Waals surface area contributed by atoms with Gasteiger partial charge in [-0.15, -0.1) is 0 Å². The van der Waals surface area contributed by atoms with E-state index in [2.05, 4.69) is 28.9 Å². The summed E-state index contributed by atoms with van der Waals surface area (Å²) >= 11 is 6.61. The first-order valence-corrected chi connectivity index (χ1v) is 13.3. The number of carbonyl (C=O) groups is 1. The zero-order valence-corrected chi connectivity index (χ0v) is 22.5. The number of nitrogens with zero attached hydrogens (tertiary/aromatic N) is 3. The number of benzene rings is 2. The average molecular weight is 487 g/mol. The second-order valence-electron chi connectivity index (χ2n) is 8.49. The van der Waals surface area contributed by atoms with E-state index in [1.165, 1.54) is 31.5 Å². The van der Waals surface area contributed by atoms with E-state index in [-0.39, 0.29) is 5.91 Å². The summed E-state index contributed by atoms with van der Waals surface area (Å²) in [5.74, 6) is 0.157. The third kappa shape index (κ3) is 7.64. The van der Waals surface area contributed by atoms with Crippen LogP contribution in [0.5, 0.6) is 0 Å². The molecule has 2 aliphatic rings. The molecule has 0 atom stereocenters. The summed E-state index contributed by atoms with van der Waals surface area (Å²) in [6.45, 7) is 16.5. The fourth-order valence-corrected chi connectivity index (χ4v) is 4.88. The summed E-state index contributed by atoms with van der Waals surface area (Å²) in [5.41, 5.74) is 11.0. The molecule has 2 fully saturated rings. The second kappa shape index (κ2) is 14.2. The van der Waals surface area contributed by atoms with Crippen LogP contribution in [0.25, 0.3) is 0 Å². The van der Waals surface area contributed by atoms with Crippen LogP contribution in [0.15, 0.2) is 36.4 Å². The molecule has 0 radical (unpaired) electrons. The molecule has 2 aliphatic heterocycles. The average Bonchev–Trinajstić information content (AvgIpc) is 3.37. The van der Waals surface area contributed by atoms with Gasteiger partial charge < -0.3 is 15.5 Å². The van der Waals surface area contributed by atoms with Crippen molar-refractivity contribution in [1.29, 1.82) is 0 Å². The van der Waals surface area contributed by atoms with E-state index in [9.17, 15) is 4.79 Å². The molecule has 0 bridgehead atoms. The Hall–Kier alpha value is -2.24. The van der Waals surface area contributed by atoms with Crippen molar-refractivity contribution in [3.63, 3.8) is 0 Å². The van der Waals surface area contributed by atoms with Crippen LogP contribution >= 0.6 is 11.6 Å². The monoisotopic (exact) mass is 486 g/mol. The molecule has 4 rings (SSSR count). The molecule has 0 saturated carbocycles. The molecule has 0 aliphatic carbocycles. The Morgan fingerprint density at radius 2 is 1.50 bits per heavy atom. The number of carbonyl (C=O) groups excluding carboxylic acids is 1. The number of aryl methyl sites for hydroxylation is 1. The molecule has 0 aromatic heterocycles. The third-order valence-electron chi connectivity index (χ3n) is 6.30. The molecule has 34 heavy (non-hydrogen) atoms. The lowest BCUT2D eigenvalue weighted by Crippen LogP contribution is -2.49. The van der Waals surface area contributed by atoms with Crippen LogP contribution in [0.1, 0.15) is 57.2 Å². The van der Waals surface area contributed by atoms with Crippen molar-refractivity contribution in [3.05, 3.63) is 58.1 Å². The predicted molar refractivity (Wildman–Crippen MR) is 147 cm³/mol. The van der Waals surface area contributed by atoms with Crippen molar-refractivity contribution in [2.24, 2.45) is 0 Å². The summed E-state index contributed by atoms with van der Waals surface area (Å²) in [5, 5.41) is 0.720. The molecule has 2 aromatic rings. The Labute approximate surface area is 211 Å². The molecular formula is C28H43ClN4O. The highest BCUT2D eigenvalue weighted by Crippen LogP contribution is 2.26. The van der Waals surface area contributed by atoms with E-state index in [1.807, 2.05) is 56.9 Å². The van der Waals surface area contributed by atoms with Crippen LogP contribution in [0.4, 0.5) is 11.4 Å². The SMILES string of the molecule is CC.CC.Cc1cc(CN2CCCC2)cc(Cl)c1CC(=O)N1CCN(c2ccc(N)cc2)CC1. The molecule has 2 aromatic carbocycles. The van der Waals surface area contributed by atoms with Crippen molar-refractivity contribution < 1.29 is 4.79 Å². The van der Waals surface area contributed by atoms with Gasteiger partial charge in [0.25, 0.3) is 0 Å². The van der Waals surface area contributed by atoms with Gasteiger partial charge in [-0.1, -0.05) is 45.4 Å². The van der Waals surface area contributed by atoms with Crippen LogP contribution < -0.4 is 10.6 Å². The quantitative estimate of drug-likeness (QED) is 0.545. The summed E-state index contributed by atoms with van der Waals surface area (Å²) in [7, 11) is 0. The largest absolute Gasteiger partial charge is 0.399 e. The lowest BCUT2D eigenvalue weighted by Gasteiger charge is -2.36. The minimum Gasteiger partial charge on any atom is -0.399 e. The standard InChI is InChI=1S/C24H31ClN4O.2C2H6/c1-18-14-19(17-27-8-2-3-9-27)15-23(25)22(18)16-24(30)29-12-10-28(11-13-29)21-6-4-20(26)5-7-21;2*1-2/h4-7,14-15H,2-3,8-13,16-17,26H2,1H3;2*1-2H3. The zero-order chi connectivity index (χ0) is 25.1. The van der Waals surface area contributed by atoms with Gasteiger partial charge >= 0.3 is 0 Å². The third-order valence-corrected chi connectivity index (χ3v) is 6.64. The molecule has 5 nitrogen and oxygen atoms in total. The highest BCUT2D eigenvalue weighted by atomic mass is 35.5. The van der Waals surface area contributed by atoms with Gasteiger partial charge in [-0.3, -0.25) is 9.69 Å². The maximum Gasteiger partial charge on any atom is 0.227 e. The zero-order valence-electron chi connectivity index (χ0n) is 21.7. The van der Waals surface area contributed by atoms with Gasteiger partial charge in [-0.25, -0.2) is 0 Å². The minimum atomic E-state index is 0.157. The second-order valence-corrected chi connectivity index (χ2v) is 8.90. The molecule has 0 spiro atoms. The van der Waals surface area contributed by atoms with Crippen LogP contribution in [0.2, 0.25) is 5.02 Å². The fraction of sp³-hybridized carbons (Fsp3) is 0.536. The van der Waals surface area contributed by atoms with Crippen molar-refractivity contribution in [2.45, 2.75) is 60.4 Å². The van der Waals surface area contributed by atoms with E-state index in [0.29, 0.717) is 6.42 Å². The molecule has 6 heteroatoms. The Kier molecular flexibility index (Phi) is 11.7. The van der Waals surface area contributed by atoms with Gasteiger partial charge in [0.15, 0.2) is 0 Å². The van der Waals surface area contributed by atoms with Crippen LogP contribution in [-0.4, -0.2) is 55.0 Å². The number of halogens is 1. The number of likely N-dealkylation sites (tertiary alicyclic amines) is 1. The van der Waals surface area contributed by atoms with Gasteiger partial charge in [0.2, 0.25) is 5.91 Å². The summed E-state index contributed by atoms with van der Waals surface area (Å²) in [6, 6.07) is 12.2. The fourth-order valence-electron chi connectivity index (χ4n) is 4.52. The van der Waals surface area contributed by atoms with Crippen molar-refractivity contribution in [1.82, 2.24) is 9.80 Å². The van der Waals surface area contributed by atoms with E-state index in [1.54, 1.807) is 0 Å². The maximum atomic E-state index is 12.9. The van der Waals surface area contributed by atoms with Crippen LogP contribution in [0, 0.1) is 6.92 Å². The number of hydrogen-bond donors (Lipinski definition) is 1. The normalized spacial score (nSPS) is 15.8. The van der Waals surface area contributed by atoms with E-state index < -0.39 is 0 Å². The molecule has 2 saturated heterocycles. The van der Waals surface area contributed by atoms with E-state index in [4.69, 9.17) is 17.3 Å². The van der Waals surface area contributed by atoms with Crippen molar-refractivity contribution in [2.75, 3.05) is 49.9 Å². The van der Waals surface area contributed by atoms with Gasteiger partial charge in [-0.2, -0.15) is 0 Å². The van der Waals surface area contributed by atoms with Gasteiger partial charge in [0, 0.05) is 49.1 Å². The molecule has 0 unspecified atom stereocenters. The van der Waals surface area contributed by atoms with Crippen molar-refractivity contribution in [3.8, 4) is 0 Å². The van der Waals surface area contributed by atoms with Gasteiger partial charge in [0.1, 0.15) is 0 Å². The Morgan fingerprint density at radius 1 is 0.912 bits per heavy atom. The topological polar surface area (TPSA) is 52.8 Å². The first-order valence-electron chi connectivity index (χ1n) is 12.9. The summed E-state index contributed by atoms with van der Waals surface area (Å²) in [6.07, 6.45) is 2.94. The number of rotatable bonds is 5. The number of anilines is 2. The molecule has 2 heterocycles. The van der Waals surface area contributed by atoms with Crippen LogP contribution in [-0.2, 0) is 17.8 Å². The Morgan fingerprint density at radius 3 is 2.06 bits per heavy atom. The van der Waals surface area contributed by atoms with Gasteiger partial charge in [0.05, 0.1) is 6.42 Å². The van der Waals surface area contributed by atoms with E-state index >= 15 is 0 Å². The number of nitrogen functional groups attached to an aromatic ring is 1. The van der Waals surface area contributed by atoms with E-state index in [0.717, 1.165) is 60.2 Å². The first-order chi connectivity index (χ1) is 16.5. The Bertz CT molecular complexity index is 863. The first kappa shape index (κ1) is 28.0. The van der Waals surface area contributed by atoms with Gasteiger partial charge in [-0.05, 0) is 79.9 Å².